The molecule has 0 spiro atoms. The molecule has 25 heavy (non-hydrogen) atoms. The molecule has 0 saturated heterocycles. The highest BCUT2D eigenvalue weighted by molar-refractivity contribution is 9.10. The van der Waals surface area contributed by atoms with Crippen molar-refractivity contribution < 1.29 is 9.47 Å². The number of halogens is 1. The van der Waals surface area contributed by atoms with Crippen LogP contribution < -0.4 is 9.47 Å². The molecule has 1 heterocycles. The van der Waals surface area contributed by atoms with E-state index in [-0.39, 0.29) is 0 Å². The number of imidazole rings is 1. The number of benzene rings is 2. The first-order valence-corrected chi connectivity index (χ1v) is 9.24. The Morgan fingerprint density at radius 2 is 2.00 bits per heavy atom. The largest absolute Gasteiger partial charge is 0.493 e. The number of nitrogens with one attached hydrogen (secondary N) is 1. The van der Waals surface area contributed by atoms with E-state index in [1.54, 1.807) is 7.11 Å². The molecular weight excluding hydrogens is 380 g/mol. The number of hydrogen-bond acceptors (Lipinski definition) is 3. The average molecular weight is 403 g/mol. The molecule has 1 N–H and O–H groups in total. The van der Waals surface area contributed by atoms with E-state index in [4.69, 9.17) is 9.47 Å². The molecule has 0 aliphatic heterocycles. The number of ether oxygens (including phenoxy) is 2. The molecule has 0 atom stereocenters. The SMILES string of the molecule is COc1cc(-c2nc3ccc(C)cc3[nH]2)cc(Br)c1OCCC(C)C. The van der Waals surface area contributed by atoms with Gasteiger partial charge in [-0.1, -0.05) is 19.9 Å². The highest BCUT2D eigenvalue weighted by atomic mass is 79.9. The summed E-state index contributed by atoms with van der Waals surface area (Å²) in [7, 11) is 1.66. The first-order valence-electron chi connectivity index (χ1n) is 8.45. The van der Waals surface area contributed by atoms with Crippen molar-refractivity contribution in [3.8, 4) is 22.9 Å². The topological polar surface area (TPSA) is 47.1 Å². The Hall–Kier alpha value is -2.01. The summed E-state index contributed by atoms with van der Waals surface area (Å²) in [6.07, 6.45) is 1.00. The Labute approximate surface area is 156 Å². The minimum atomic E-state index is 0.600. The summed E-state index contributed by atoms with van der Waals surface area (Å²) < 4.78 is 12.3. The van der Waals surface area contributed by atoms with E-state index in [1.807, 2.05) is 18.2 Å². The second-order valence-electron chi connectivity index (χ2n) is 6.63. The summed E-state index contributed by atoms with van der Waals surface area (Å²) in [5.41, 5.74) is 4.14. The number of hydrogen-bond donors (Lipinski definition) is 1. The molecule has 0 fully saturated rings. The van der Waals surface area contributed by atoms with E-state index in [9.17, 15) is 0 Å². The molecule has 0 radical (unpaired) electrons. The van der Waals surface area contributed by atoms with Crippen molar-refractivity contribution in [1.82, 2.24) is 9.97 Å². The van der Waals surface area contributed by atoms with Crippen molar-refractivity contribution in [3.63, 3.8) is 0 Å². The number of aryl methyl sites for hydroxylation is 1. The lowest BCUT2D eigenvalue weighted by molar-refractivity contribution is 0.271. The molecular formula is C20H23BrN2O2. The minimum absolute atomic E-state index is 0.600. The van der Waals surface area contributed by atoms with Gasteiger partial charge < -0.3 is 14.5 Å². The molecule has 0 aliphatic carbocycles. The van der Waals surface area contributed by atoms with Crippen LogP contribution in [0.2, 0.25) is 0 Å². The van der Waals surface area contributed by atoms with Gasteiger partial charge in [0.25, 0.3) is 0 Å². The first-order chi connectivity index (χ1) is 12.0. The summed E-state index contributed by atoms with van der Waals surface area (Å²) in [5.74, 6) is 2.85. The highest BCUT2D eigenvalue weighted by Crippen LogP contribution is 2.39. The Bertz CT molecular complexity index is 887. The quantitative estimate of drug-likeness (QED) is 0.572. The second kappa shape index (κ2) is 7.48. The predicted molar refractivity (Wildman–Crippen MR) is 105 cm³/mol. The van der Waals surface area contributed by atoms with Crippen LogP contribution in [0.4, 0.5) is 0 Å². The fourth-order valence-corrected chi connectivity index (χ4v) is 3.21. The zero-order valence-electron chi connectivity index (χ0n) is 15.0. The van der Waals surface area contributed by atoms with Crippen LogP contribution in [0.5, 0.6) is 11.5 Å². The standard InChI is InChI=1S/C20H23BrN2O2/c1-12(2)7-8-25-19-15(21)10-14(11-18(19)24-4)20-22-16-6-5-13(3)9-17(16)23-20/h5-6,9-12H,7-8H2,1-4H3,(H,22,23). The van der Waals surface area contributed by atoms with Crippen molar-refractivity contribution in [2.24, 2.45) is 5.92 Å². The maximum absolute atomic E-state index is 5.93. The molecule has 0 aliphatic rings. The maximum Gasteiger partial charge on any atom is 0.175 e. The monoisotopic (exact) mass is 402 g/mol. The number of rotatable bonds is 6. The Balaban J connectivity index is 1.94. The Kier molecular flexibility index (Phi) is 5.33. The fourth-order valence-electron chi connectivity index (χ4n) is 2.65. The van der Waals surface area contributed by atoms with Gasteiger partial charge in [0.2, 0.25) is 0 Å². The Morgan fingerprint density at radius 3 is 2.72 bits per heavy atom. The molecule has 2 aromatic carbocycles. The molecule has 0 saturated carbocycles. The third-order valence-corrected chi connectivity index (χ3v) is 4.67. The summed E-state index contributed by atoms with van der Waals surface area (Å²) in [5, 5.41) is 0. The van der Waals surface area contributed by atoms with E-state index in [1.165, 1.54) is 5.56 Å². The van der Waals surface area contributed by atoms with Gasteiger partial charge in [-0.25, -0.2) is 4.98 Å². The number of H-pyrrole nitrogens is 1. The van der Waals surface area contributed by atoms with Gasteiger partial charge in [-0.15, -0.1) is 0 Å². The zero-order chi connectivity index (χ0) is 18.0. The van der Waals surface area contributed by atoms with Gasteiger partial charge in [0, 0.05) is 5.56 Å². The van der Waals surface area contributed by atoms with Gasteiger partial charge in [-0.2, -0.15) is 0 Å². The van der Waals surface area contributed by atoms with Crippen LogP contribution in [0.3, 0.4) is 0 Å². The van der Waals surface area contributed by atoms with Crippen LogP contribution >= 0.6 is 15.9 Å². The van der Waals surface area contributed by atoms with E-state index in [2.05, 4.69) is 58.8 Å². The summed E-state index contributed by atoms with van der Waals surface area (Å²) in [6, 6.07) is 10.2. The fraction of sp³-hybridized carbons (Fsp3) is 0.350. The van der Waals surface area contributed by atoms with Crippen molar-refractivity contribution in [3.05, 3.63) is 40.4 Å². The van der Waals surface area contributed by atoms with Crippen LogP contribution in [-0.2, 0) is 0 Å². The molecule has 3 rings (SSSR count). The maximum atomic E-state index is 5.93. The third-order valence-electron chi connectivity index (χ3n) is 4.08. The second-order valence-corrected chi connectivity index (χ2v) is 7.48. The zero-order valence-corrected chi connectivity index (χ0v) is 16.6. The predicted octanol–water partition coefficient (Wildman–Crippen LogP) is 5.73. The van der Waals surface area contributed by atoms with Crippen LogP contribution in [0, 0.1) is 12.8 Å². The molecule has 0 amide bonds. The van der Waals surface area contributed by atoms with Gasteiger partial charge in [0.15, 0.2) is 11.5 Å². The number of aromatic amines is 1. The molecule has 3 aromatic rings. The lowest BCUT2D eigenvalue weighted by Crippen LogP contribution is -2.03. The van der Waals surface area contributed by atoms with Crippen molar-refractivity contribution in [2.75, 3.05) is 13.7 Å². The lowest BCUT2D eigenvalue weighted by Gasteiger charge is -2.14. The smallest absolute Gasteiger partial charge is 0.175 e. The summed E-state index contributed by atoms with van der Waals surface area (Å²) in [4.78, 5) is 8.06. The molecule has 4 nitrogen and oxygen atoms in total. The van der Waals surface area contributed by atoms with Crippen LogP contribution in [0.1, 0.15) is 25.8 Å². The first kappa shape index (κ1) is 17.8. The van der Waals surface area contributed by atoms with E-state index >= 15 is 0 Å². The number of nitrogens with zero attached hydrogens (tertiary/aromatic N) is 1. The number of methoxy groups -OCH3 is 1. The number of fused-ring (bicyclic) bond motifs is 1. The molecule has 5 heteroatoms. The van der Waals surface area contributed by atoms with E-state index in [0.29, 0.717) is 18.3 Å². The minimum Gasteiger partial charge on any atom is -0.493 e. The van der Waals surface area contributed by atoms with Crippen molar-refractivity contribution >= 4 is 27.0 Å². The van der Waals surface area contributed by atoms with Crippen molar-refractivity contribution in [1.29, 1.82) is 0 Å². The average Bonchev–Trinajstić information content (AvgIpc) is 2.98. The van der Waals surface area contributed by atoms with E-state index < -0.39 is 0 Å². The number of aromatic nitrogens is 2. The van der Waals surface area contributed by atoms with E-state index in [0.717, 1.165) is 39.1 Å². The van der Waals surface area contributed by atoms with Gasteiger partial charge in [0.05, 0.1) is 29.2 Å². The van der Waals surface area contributed by atoms with Crippen LogP contribution in [0.15, 0.2) is 34.8 Å². The molecule has 1 aromatic heterocycles. The molecule has 0 unspecified atom stereocenters. The van der Waals surface area contributed by atoms with Gasteiger partial charge >= 0.3 is 0 Å². The normalized spacial score (nSPS) is 11.3. The summed E-state index contributed by atoms with van der Waals surface area (Å²) >= 11 is 3.61. The molecule has 132 valence electrons. The Morgan fingerprint density at radius 1 is 1.20 bits per heavy atom. The van der Waals surface area contributed by atoms with Crippen LogP contribution in [0.25, 0.3) is 22.4 Å². The summed E-state index contributed by atoms with van der Waals surface area (Å²) in [6.45, 7) is 7.10. The third kappa shape index (κ3) is 3.98. The van der Waals surface area contributed by atoms with Gasteiger partial charge in [0.1, 0.15) is 5.82 Å². The molecule has 0 bridgehead atoms. The lowest BCUT2D eigenvalue weighted by atomic mass is 10.1. The van der Waals surface area contributed by atoms with Crippen LogP contribution in [-0.4, -0.2) is 23.7 Å². The van der Waals surface area contributed by atoms with Gasteiger partial charge in [-0.3, -0.25) is 0 Å². The van der Waals surface area contributed by atoms with Crippen molar-refractivity contribution in [2.45, 2.75) is 27.2 Å². The highest BCUT2D eigenvalue weighted by Gasteiger charge is 2.15. The van der Waals surface area contributed by atoms with Gasteiger partial charge in [-0.05, 0) is 65.0 Å².